The molecule has 0 fully saturated rings. The molecule has 0 bridgehead atoms. The van der Waals surface area contributed by atoms with Crippen molar-refractivity contribution in [1.82, 2.24) is 9.88 Å². The third-order valence-electron chi connectivity index (χ3n) is 3.22. The van der Waals surface area contributed by atoms with Gasteiger partial charge >= 0.3 is 5.97 Å². The molecule has 8 heteroatoms. The topological polar surface area (TPSA) is 68.7 Å². The van der Waals surface area contributed by atoms with Crippen molar-refractivity contribution in [3.63, 3.8) is 0 Å². The molecule has 2 aromatic rings. The molecule has 0 atom stereocenters. The zero-order valence-corrected chi connectivity index (χ0v) is 14.1. The SMILES string of the molecule is COCCN(CC(=O)OC)C(=O)c1cnc(-c2ccccc2F)s1. The summed E-state index contributed by atoms with van der Waals surface area (Å²) in [5.74, 6) is -1.31. The first-order chi connectivity index (χ1) is 11.6. The van der Waals surface area contributed by atoms with Gasteiger partial charge in [0, 0.05) is 19.2 Å². The summed E-state index contributed by atoms with van der Waals surface area (Å²) in [6, 6.07) is 6.21. The van der Waals surface area contributed by atoms with Crippen LogP contribution in [0.5, 0.6) is 0 Å². The molecule has 128 valence electrons. The largest absolute Gasteiger partial charge is 0.468 e. The maximum Gasteiger partial charge on any atom is 0.325 e. The molecule has 0 aliphatic heterocycles. The van der Waals surface area contributed by atoms with Gasteiger partial charge in [0.15, 0.2) is 0 Å². The van der Waals surface area contributed by atoms with Crippen LogP contribution in [0.2, 0.25) is 0 Å². The molecule has 0 radical (unpaired) electrons. The number of aromatic nitrogens is 1. The van der Waals surface area contributed by atoms with E-state index in [1.54, 1.807) is 18.2 Å². The van der Waals surface area contributed by atoms with Crippen molar-refractivity contribution < 1.29 is 23.5 Å². The lowest BCUT2D eigenvalue weighted by molar-refractivity contribution is -0.141. The fourth-order valence-electron chi connectivity index (χ4n) is 1.96. The Morgan fingerprint density at radius 2 is 2.04 bits per heavy atom. The summed E-state index contributed by atoms with van der Waals surface area (Å²) < 4.78 is 23.4. The molecule has 1 aromatic carbocycles. The average Bonchev–Trinajstić information content (AvgIpc) is 3.07. The van der Waals surface area contributed by atoms with Crippen LogP contribution < -0.4 is 0 Å². The van der Waals surface area contributed by atoms with Gasteiger partial charge in [0.2, 0.25) is 0 Å². The second kappa shape index (κ2) is 8.51. The van der Waals surface area contributed by atoms with Crippen LogP contribution in [0, 0.1) is 5.82 Å². The first kappa shape index (κ1) is 18.0. The van der Waals surface area contributed by atoms with E-state index < -0.39 is 11.8 Å². The smallest absolute Gasteiger partial charge is 0.325 e. The number of hydrogen-bond acceptors (Lipinski definition) is 6. The third kappa shape index (κ3) is 4.36. The Morgan fingerprint density at radius 3 is 2.71 bits per heavy atom. The number of methoxy groups -OCH3 is 2. The number of esters is 1. The van der Waals surface area contributed by atoms with E-state index in [4.69, 9.17) is 4.74 Å². The maximum absolute atomic E-state index is 13.8. The van der Waals surface area contributed by atoms with Gasteiger partial charge in [0.25, 0.3) is 5.91 Å². The van der Waals surface area contributed by atoms with Crippen molar-refractivity contribution >= 4 is 23.2 Å². The van der Waals surface area contributed by atoms with Crippen LogP contribution in [0.15, 0.2) is 30.5 Å². The molecule has 0 saturated heterocycles. The number of thiazole rings is 1. The summed E-state index contributed by atoms with van der Waals surface area (Å²) in [6.07, 6.45) is 1.38. The van der Waals surface area contributed by atoms with E-state index in [-0.39, 0.29) is 25.6 Å². The Balaban J connectivity index is 2.21. The quantitative estimate of drug-likeness (QED) is 0.715. The second-order valence-corrected chi connectivity index (χ2v) is 5.84. The zero-order chi connectivity index (χ0) is 17.5. The lowest BCUT2D eigenvalue weighted by atomic mass is 10.2. The number of carbonyl (C=O) groups excluding carboxylic acids is 2. The number of nitrogens with zero attached hydrogens (tertiary/aromatic N) is 2. The third-order valence-corrected chi connectivity index (χ3v) is 4.24. The number of rotatable bonds is 7. The highest BCUT2D eigenvalue weighted by molar-refractivity contribution is 7.16. The Morgan fingerprint density at radius 1 is 1.29 bits per heavy atom. The fourth-order valence-corrected chi connectivity index (χ4v) is 2.87. The molecule has 1 amide bonds. The van der Waals surface area contributed by atoms with E-state index in [2.05, 4.69) is 9.72 Å². The minimum atomic E-state index is -0.529. The maximum atomic E-state index is 13.8. The standard InChI is InChI=1S/C16H17FN2O4S/c1-22-8-7-19(10-14(20)23-2)16(21)13-9-18-15(24-13)11-5-3-4-6-12(11)17/h3-6,9H,7-8,10H2,1-2H3. The molecule has 24 heavy (non-hydrogen) atoms. The summed E-state index contributed by atoms with van der Waals surface area (Å²) >= 11 is 1.07. The van der Waals surface area contributed by atoms with Crippen LogP contribution in [0.25, 0.3) is 10.6 Å². The van der Waals surface area contributed by atoms with Gasteiger partial charge in [-0.3, -0.25) is 9.59 Å². The van der Waals surface area contributed by atoms with Crippen molar-refractivity contribution in [3.8, 4) is 10.6 Å². The van der Waals surface area contributed by atoms with Crippen LogP contribution >= 0.6 is 11.3 Å². The lowest BCUT2D eigenvalue weighted by Crippen LogP contribution is -2.38. The summed E-state index contributed by atoms with van der Waals surface area (Å²) in [6.45, 7) is 0.324. The van der Waals surface area contributed by atoms with Crippen molar-refractivity contribution in [2.45, 2.75) is 0 Å². The van der Waals surface area contributed by atoms with Crippen molar-refractivity contribution in [1.29, 1.82) is 0 Å². The van der Waals surface area contributed by atoms with Crippen LogP contribution in [0.4, 0.5) is 4.39 Å². The van der Waals surface area contributed by atoms with E-state index in [0.29, 0.717) is 15.4 Å². The van der Waals surface area contributed by atoms with Crippen molar-refractivity contribution in [2.75, 3.05) is 33.9 Å². The summed E-state index contributed by atoms with van der Waals surface area (Å²) in [5.41, 5.74) is 0.331. The molecule has 1 aromatic heterocycles. The van der Waals surface area contributed by atoms with Crippen LogP contribution in [-0.4, -0.2) is 55.7 Å². The lowest BCUT2D eigenvalue weighted by Gasteiger charge is -2.20. The van der Waals surface area contributed by atoms with E-state index in [1.165, 1.54) is 31.4 Å². The molecule has 0 saturated carbocycles. The molecule has 0 aliphatic carbocycles. The van der Waals surface area contributed by atoms with E-state index in [9.17, 15) is 14.0 Å². The second-order valence-electron chi connectivity index (χ2n) is 4.81. The molecule has 6 nitrogen and oxygen atoms in total. The van der Waals surface area contributed by atoms with Gasteiger partial charge in [0.05, 0.1) is 19.9 Å². The van der Waals surface area contributed by atoms with Gasteiger partial charge in [-0.15, -0.1) is 11.3 Å². The van der Waals surface area contributed by atoms with Crippen LogP contribution in [0.1, 0.15) is 9.67 Å². The molecule has 1 heterocycles. The van der Waals surface area contributed by atoms with Gasteiger partial charge in [0.1, 0.15) is 22.2 Å². The number of carbonyl (C=O) groups is 2. The summed E-state index contributed by atoms with van der Waals surface area (Å²) in [7, 11) is 2.76. The summed E-state index contributed by atoms with van der Waals surface area (Å²) in [4.78, 5) is 29.8. The van der Waals surface area contributed by atoms with E-state index in [1.807, 2.05) is 0 Å². The first-order valence-electron chi connectivity index (χ1n) is 7.12. The van der Waals surface area contributed by atoms with Crippen LogP contribution in [0.3, 0.4) is 0 Å². The minimum absolute atomic E-state index is 0.189. The van der Waals surface area contributed by atoms with Gasteiger partial charge < -0.3 is 14.4 Å². The molecule has 2 rings (SSSR count). The van der Waals surface area contributed by atoms with Gasteiger partial charge in [-0.1, -0.05) is 12.1 Å². The van der Waals surface area contributed by atoms with Crippen molar-refractivity contribution in [3.05, 3.63) is 41.2 Å². The molecular weight excluding hydrogens is 335 g/mol. The minimum Gasteiger partial charge on any atom is -0.468 e. The average molecular weight is 352 g/mol. The van der Waals surface area contributed by atoms with Gasteiger partial charge in [-0.2, -0.15) is 0 Å². The molecular formula is C16H17FN2O4S. The predicted octanol–water partition coefficient (Wildman–Crippen LogP) is 2.21. The highest BCUT2D eigenvalue weighted by atomic mass is 32.1. The Bertz CT molecular complexity index is 720. The first-order valence-corrected chi connectivity index (χ1v) is 7.94. The molecule has 0 aliphatic rings. The van der Waals surface area contributed by atoms with Crippen molar-refractivity contribution in [2.24, 2.45) is 0 Å². The Labute approximate surface area is 142 Å². The highest BCUT2D eigenvalue weighted by Crippen LogP contribution is 2.27. The number of benzene rings is 1. The zero-order valence-electron chi connectivity index (χ0n) is 13.3. The number of ether oxygens (including phenoxy) is 2. The number of hydrogen-bond donors (Lipinski definition) is 0. The molecule has 0 spiro atoms. The summed E-state index contributed by atoms with van der Waals surface area (Å²) in [5, 5.41) is 0.404. The van der Waals surface area contributed by atoms with Gasteiger partial charge in [-0.25, -0.2) is 9.37 Å². The van der Waals surface area contributed by atoms with E-state index >= 15 is 0 Å². The monoisotopic (exact) mass is 352 g/mol. The van der Waals surface area contributed by atoms with E-state index in [0.717, 1.165) is 11.3 Å². The predicted molar refractivity (Wildman–Crippen MR) is 87.3 cm³/mol. The normalized spacial score (nSPS) is 10.5. The number of amides is 1. The number of halogens is 1. The van der Waals surface area contributed by atoms with Gasteiger partial charge in [-0.05, 0) is 12.1 Å². The molecule has 0 N–H and O–H groups in total. The molecule has 0 unspecified atom stereocenters. The van der Waals surface area contributed by atoms with Crippen LogP contribution in [-0.2, 0) is 14.3 Å². The Kier molecular flexibility index (Phi) is 6.39. The highest BCUT2D eigenvalue weighted by Gasteiger charge is 2.22. The Hall–Kier alpha value is -2.32. The fraction of sp³-hybridized carbons (Fsp3) is 0.312.